The van der Waals surface area contributed by atoms with E-state index in [1.165, 1.54) is 18.3 Å². The topological polar surface area (TPSA) is 77.5 Å². The zero-order valence-corrected chi connectivity index (χ0v) is 18.6. The number of aryl methyl sites for hydroxylation is 1. The summed E-state index contributed by atoms with van der Waals surface area (Å²) >= 11 is 0. The van der Waals surface area contributed by atoms with E-state index < -0.39 is 24.2 Å². The molecule has 1 aliphatic heterocycles. The summed E-state index contributed by atoms with van der Waals surface area (Å²) in [5, 5.41) is 15.7. The maximum Gasteiger partial charge on any atom is 0.393 e. The van der Waals surface area contributed by atoms with Gasteiger partial charge in [0, 0.05) is 13.2 Å². The van der Waals surface area contributed by atoms with Gasteiger partial charge in [0.1, 0.15) is 0 Å². The summed E-state index contributed by atoms with van der Waals surface area (Å²) < 4.78 is 36.7. The highest BCUT2D eigenvalue weighted by atomic mass is 19.4. The number of nitrogens with one attached hydrogen (secondary N) is 2. The molecule has 3 N–H and O–H groups in total. The van der Waals surface area contributed by atoms with Crippen LogP contribution in [0.2, 0.25) is 0 Å². The van der Waals surface area contributed by atoms with Crippen molar-refractivity contribution < 1.29 is 23.1 Å². The van der Waals surface area contributed by atoms with Crippen molar-refractivity contribution in [3.05, 3.63) is 66.0 Å². The maximum atomic E-state index is 12.2. The fourth-order valence-electron chi connectivity index (χ4n) is 3.32. The lowest BCUT2D eigenvalue weighted by Crippen LogP contribution is -2.36. The molecule has 6 nitrogen and oxygen atoms in total. The van der Waals surface area contributed by atoms with Crippen molar-refractivity contribution in [1.29, 1.82) is 0 Å². The van der Waals surface area contributed by atoms with E-state index >= 15 is 0 Å². The molecule has 9 heteroatoms. The first-order chi connectivity index (χ1) is 14.8. The van der Waals surface area contributed by atoms with E-state index in [2.05, 4.69) is 22.2 Å². The van der Waals surface area contributed by atoms with Crippen molar-refractivity contribution in [2.45, 2.75) is 45.0 Å². The van der Waals surface area contributed by atoms with Crippen LogP contribution >= 0.6 is 0 Å². The number of nitrogens with zero attached hydrogens (tertiary/aromatic N) is 2. The van der Waals surface area contributed by atoms with Gasteiger partial charge >= 0.3 is 6.18 Å². The molecule has 0 saturated heterocycles. The van der Waals surface area contributed by atoms with Crippen LogP contribution in [0.4, 0.5) is 24.7 Å². The number of aliphatic hydroxyl groups is 1. The summed E-state index contributed by atoms with van der Waals surface area (Å²) in [6.07, 6.45) is -1.91. The standard InChI is InChI=1S/C14H18F3NO.C9H11N3O/c1-4-18-12(13(2,3)19)11-7-5-10(6-8-11)9-14(15,16)17;1-6-3-7-9(10-4-6)12(2)5-8(13)11-7/h4-8,12,18-19H,1,9H2,2-3H3;3-4H,5H2,1-2H3,(H,11,13). The molecule has 1 aromatic carbocycles. The van der Waals surface area contributed by atoms with Gasteiger partial charge < -0.3 is 20.6 Å². The fraction of sp³-hybridized carbons (Fsp3) is 0.391. The summed E-state index contributed by atoms with van der Waals surface area (Å²) in [5.41, 5.74) is 1.70. The molecule has 3 rings (SSSR count). The van der Waals surface area contributed by atoms with Crippen LogP contribution in [0.3, 0.4) is 0 Å². The van der Waals surface area contributed by atoms with E-state index in [0.29, 0.717) is 12.1 Å². The van der Waals surface area contributed by atoms with Gasteiger partial charge in [-0.2, -0.15) is 13.2 Å². The quantitative estimate of drug-likeness (QED) is 0.639. The number of alkyl halides is 3. The first kappa shape index (κ1) is 25.2. The number of likely N-dealkylation sites (N-methyl/N-ethyl adjacent to an activating group) is 1. The Bertz CT molecular complexity index is 938. The Labute approximate surface area is 186 Å². The molecule has 0 saturated carbocycles. The number of carbonyl (C=O) groups excluding carboxylic acids is 1. The van der Waals surface area contributed by atoms with Gasteiger partial charge in [-0.3, -0.25) is 4.79 Å². The normalized spacial score (nSPS) is 14.5. The molecule has 0 spiro atoms. The van der Waals surface area contributed by atoms with Crippen LogP contribution < -0.4 is 15.5 Å². The van der Waals surface area contributed by atoms with Gasteiger partial charge in [-0.1, -0.05) is 30.8 Å². The van der Waals surface area contributed by atoms with Crippen LogP contribution in [0.5, 0.6) is 0 Å². The molecule has 0 bridgehead atoms. The van der Waals surface area contributed by atoms with E-state index in [1.54, 1.807) is 32.2 Å². The second-order valence-electron chi connectivity index (χ2n) is 8.28. The highest BCUT2D eigenvalue weighted by Gasteiger charge is 2.29. The van der Waals surface area contributed by atoms with Crippen LogP contribution in [0.1, 0.15) is 36.6 Å². The Kier molecular flexibility index (Phi) is 7.90. The summed E-state index contributed by atoms with van der Waals surface area (Å²) in [6.45, 7) is 9.11. The van der Waals surface area contributed by atoms with Gasteiger partial charge in [-0.25, -0.2) is 4.98 Å². The molecule has 1 atom stereocenters. The molecule has 2 heterocycles. The van der Waals surface area contributed by atoms with Gasteiger partial charge in [0.05, 0.1) is 30.3 Å². The molecule has 1 aromatic heterocycles. The summed E-state index contributed by atoms with van der Waals surface area (Å²) in [6, 6.07) is 7.51. The van der Waals surface area contributed by atoms with Crippen molar-refractivity contribution in [3.63, 3.8) is 0 Å². The molecule has 174 valence electrons. The first-order valence-corrected chi connectivity index (χ1v) is 10.0. The Balaban J connectivity index is 0.000000242. The lowest BCUT2D eigenvalue weighted by atomic mass is 9.91. The van der Waals surface area contributed by atoms with E-state index in [-0.39, 0.29) is 11.5 Å². The van der Waals surface area contributed by atoms with Crippen molar-refractivity contribution in [2.75, 3.05) is 23.8 Å². The van der Waals surface area contributed by atoms with Gasteiger partial charge in [0.25, 0.3) is 0 Å². The molecule has 0 fully saturated rings. The van der Waals surface area contributed by atoms with Crippen molar-refractivity contribution in [2.24, 2.45) is 0 Å². The lowest BCUT2D eigenvalue weighted by molar-refractivity contribution is -0.127. The van der Waals surface area contributed by atoms with Crippen molar-refractivity contribution >= 4 is 17.4 Å². The van der Waals surface area contributed by atoms with Crippen LogP contribution in [0, 0.1) is 6.92 Å². The average molecular weight is 451 g/mol. The number of hydrogen-bond acceptors (Lipinski definition) is 5. The molecule has 0 aliphatic carbocycles. The zero-order chi connectivity index (χ0) is 24.1. The minimum atomic E-state index is -4.21. The summed E-state index contributed by atoms with van der Waals surface area (Å²) in [7, 11) is 1.86. The minimum Gasteiger partial charge on any atom is -0.388 e. The number of rotatable bonds is 5. The number of anilines is 2. The molecule has 1 unspecified atom stereocenters. The third-order valence-corrected chi connectivity index (χ3v) is 4.73. The molecule has 1 amide bonds. The number of pyridine rings is 1. The predicted octanol–water partition coefficient (Wildman–Crippen LogP) is 4.11. The highest BCUT2D eigenvalue weighted by molar-refractivity contribution is 6.00. The Morgan fingerprint density at radius 3 is 2.47 bits per heavy atom. The molecular weight excluding hydrogens is 421 g/mol. The Morgan fingerprint density at radius 2 is 1.94 bits per heavy atom. The van der Waals surface area contributed by atoms with E-state index in [0.717, 1.165) is 17.1 Å². The summed E-state index contributed by atoms with van der Waals surface area (Å²) in [4.78, 5) is 17.3. The molecular formula is C23H29F3N4O2. The second kappa shape index (κ2) is 10.0. The predicted molar refractivity (Wildman–Crippen MR) is 119 cm³/mol. The van der Waals surface area contributed by atoms with Gasteiger partial charge in [-0.05, 0) is 49.7 Å². The van der Waals surface area contributed by atoms with Crippen molar-refractivity contribution in [1.82, 2.24) is 10.3 Å². The van der Waals surface area contributed by atoms with Crippen LogP contribution in [0.25, 0.3) is 0 Å². The molecule has 0 radical (unpaired) electrons. The first-order valence-electron chi connectivity index (χ1n) is 10.0. The Morgan fingerprint density at radius 1 is 1.31 bits per heavy atom. The monoisotopic (exact) mass is 450 g/mol. The number of amides is 1. The second-order valence-corrected chi connectivity index (χ2v) is 8.28. The lowest BCUT2D eigenvalue weighted by Gasteiger charge is -2.30. The maximum absolute atomic E-state index is 12.2. The van der Waals surface area contributed by atoms with Crippen LogP contribution in [-0.2, 0) is 11.2 Å². The summed E-state index contributed by atoms with van der Waals surface area (Å²) in [5.74, 6) is 0.854. The third kappa shape index (κ3) is 7.26. The van der Waals surface area contributed by atoms with E-state index in [4.69, 9.17) is 0 Å². The molecule has 1 aliphatic rings. The van der Waals surface area contributed by atoms with E-state index in [1.807, 2.05) is 24.9 Å². The number of aromatic nitrogens is 1. The van der Waals surface area contributed by atoms with Crippen LogP contribution in [0.15, 0.2) is 49.3 Å². The van der Waals surface area contributed by atoms with Gasteiger partial charge in [0.15, 0.2) is 5.82 Å². The Hall–Kier alpha value is -3.07. The van der Waals surface area contributed by atoms with Gasteiger partial charge in [0.2, 0.25) is 5.91 Å². The number of carbonyl (C=O) groups is 1. The fourth-order valence-corrected chi connectivity index (χ4v) is 3.32. The third-order valence-electron chi connectivity index (χ3n) is 4.73. The molecule has 32 heavy (non-hydrogen) atoms. The minimum absolute atomic E-state index is 0.0161. The SMILES string of the molecule is C=CNC(c1ccc(CC(F)(F)F)cc1)C(C)(C)O.Cc1cnc2c(c1)NC(=O)CN2C. The molecule has 2 aromatic rings. The van der Waals surface area contributed by atoms with Gasteiger partial charge in [-0.15, -0.1) is 0 Å². The number of fused-ring (bicyclic) bond motifs is 1. The smallest absolute Gasteiger partial charge is 0.388 e. The highest BCUT2D eigenvalue weighted by Crippen LogP contribution is 2.28. The van der Waals surface area contributed by atoms with Crippen molar-refractivity contribution in [3.8, 4) is 0 Å². The number of benzene rings is 1. The zero-order valence-electron chi connectivity index (χ0n) is 18.6. The average Bonchev–Trinajstić information content (AvgIpc) is 2.65. The van der Waals surface area contributed by atoms with E-state index in [9.17, 15) is 23.1 Å². The number of hydrogen-bond donors (Lipinski definition) is 3. The largest absolute Gasteiger partial charge is 0.393 e. The number of halogens is 3. The van der Waals surface area contributed by atoms with Crippen LogP contribution in [-0.4, -0.2) is 41.4 Å².